The largest absolute Gasteiger partial charge is 0.409 e. The van der Waals surface area contributed by atoms with Gasteiger partial charge in [0.25, 0.3) is 0 Å². The van der Waals surface area contributed by atoms with Gasteiger partial charge in [0, 0.05) is 18.3 Å². The van der Waals surface area contributed by atoms with E-state index in [0.29, 0.717) is 16.6 Å². The number of hydrogen-bond donors (Lipinski definition) is 2. The Bertz CT molecular complexity index is 490. The van der Waals surface area contributed by atoms with Crippen LogP contribution in [-0.4, -0.2) is 23.6 Å². The van der Waals surface area contributed by atoms with E-state index in [1.165, 1.54) is 25.7 Å². The highest BCUT2D eigenvalue weighted by Gasteiger charge is 2.24. The van der Waals surface area contributed by atoms with Gasteiger partial charge in [0.2, 0.25) is 0 Å². The third-order valence-electron chi connectivity index (χ3n) is 4.01. The standard InChI is InChI=1S/C15H22ClN3O/c1-2-11-7-4-3-5-10-19(11)13-9-6-8-12(16)14(13)15(17)18-20/h6,8-9,11,20H,2-5,7,10H2,1H3,(H2,17,18). The molecular weight excluding hydrogens is 274 g/mol. The molecule has 1 aliphatic rings. The highest BCUT2D eigenvalue weighted by Crippen LogP contribution is 2.32. The number of benzene rings is 1. The zero-order valence-corrected chi connectivity index (χ0v) is 12.6. The van der Waals surface area contributed by atoms with Gasteiger partial charge in [-0.3, -0.25) is 0 Å². The molecule has 1 aromatic rings. The fourth-order valence-electron chi connectivity index (χ4n) is 2.97. The molecule has 2 rings (SSSR count). The molecule has 1 atom stereocenters. The van der Waals surface area contributed by atoms with Crippen molar-refractivity contribution in [1.29, 1.82) is 0 Å². The topological polar surface area (TPSA) is 61.8 Å². The van der Waals surface area contributed by atoms with Crippen molar-refractivity contribution >= 4 is 23.1 Å². The first kappa shape index (κ1) is 15.0. The average molecular weight is 296 g/mol. The number of amidine groups is 1. The van der Waals surface area contributed by atoms with Crippen LogP contribution in [0.4, 0.5) is 5.69 Å². The molecule has 3 N–H and O–H groups in total. The molecule has 0 amide bonds. The molecule has 1 saturated heterocycles. The van der Waals surface area contributed by atoms with Gasteiger partial charge in [-0.25, -0.2) is 0 Å². The van der Waals surface area contributed by atoms with Crippen molar-refractivity contribution < 1.29 is 5.21 Å². The number of anilines is 1. The van der Waals surface area contributed by atoms with Gasteiger partial charge in [0.1, 0.15) is 0 Å². The van der Waals surface area contributed by atoms with Crippen LogP contribution in [0.25, 0.3) is 0 Å². The predicted molar refractivity (Wildman–Crippen MR) is 83.9 cm³/mol. The van der Waals surface area contributed by atoms with E-state index in [1.54, 1.807) is 6.07 Å². The molecule has 0 spiro atoms. The van der Waals surface area contributed by atoms with Gasteiger partial charge in [-0.2, -0.15) is 0 Å². The Morgan fingerprint density at radius 3 is 2.95 bits per heavy atom. The Morgan fingerprint density at radius 1 is 1.45 bits per heavy atom. The molecule has 1 aliphatic heterocycles. The summed E-state index contributed by atoms with van der Waals surface area (Å²) in [5.74, 6) is 0.0738. The lowest BCUT2D eigenvalue weighted by molar-refractivity contribution is 0.318. The Morgan fingerprint density at radius 2 is 2.25 bits per heavy atom. The zero-order chi connectivity index (χ0) is 14.5. The van der Waals surface area contributed by atoms with Crippen LogP contribution in [0, 0.1) is 0 Å². The van der Waals surface area contributed by atoms with Crippen LogP contribution in [0.5, 0.6) is 0 Å². The highest BCUT2D eigenvalue weighted by atomic mass is 35.5. The second kappa shape index (κ2) is 6.84. The molecule has 0 aliphatic carbocycles. The molecule has 0 saturated carbocycles. The lowest BCUT2D eigenvalue weighted by Gasteiger charge is -2.33. The third kappa shape index (κ3) is 3.01. The molecule has 0 radical (unpaired) electrons. The molecule has 1 heterocycles. The van der Waals surface area contributed by atoms with Crippen LogP contribution in [-0.2, 0) is 0 Å². The Balaban J connectivity index is 2.47. The number of oxime groups is 1. The van der Waals surface area contributed by atoms with Gasteiger partial charge < -0.3 is 15.8 Å². The average Bonchev–Trinajstić information content (AvgIpc) is 2.71. The molecule has 4 nitrogen and oxygen atoms in total. The van der Waals surface area contributed by atoms with Gasteiger partial charge in [-0.1, -0.05) is 42.6 Å². The van der Waals surface area contributed by atoms with Gasteiger partial charge in [-0.15, -0.1) is 0 Å². The number of rotatable bonds is 3. The SMILES string of the molecule is CCC1CCCCCN1c1cccc(Cl)c1/C(N)=N/O. The summed E-state index contributed by atoms with van der Waals surface area (Å²) in [6, 6.07) is 6.19. The first-order valence-electron chi connectivity index (χ1n) is 7.22. The number of nitrogens with zero attached hydrogens (tertiary/aromatic N) is 2. The van der Waals surface area contributed by atoms with E-state index in [4.69, 9.17) is 22.5 Å². The van der Waals surface area contributed by atoms with E-state index in [2.05, 4.69) is 17.0 Å². The zero-order valence-electron chi connectivity index (χ0n) is 11.8. The van der Waals surface area contributed by atoms with E-state index in [1.807, 2.05) is 12.1 Å². The summed E-state index contributed by atoms with van der Waals surface area (Å²) < 4.78 is 0. The molecule has 110 valence electrons. The predicted octanol–water partition coefficient (Wildman–Crippen LogP) is 3.59. The molecular formula is C15H22ClN3O. The smallest absolute Gasteiger partial charge is 0.173 e. The first-order valence-corrected chi connectivity index (χ1v) is 7.59. The van der Waals surface area contributed by atoms with Gasteiger partial charge in [0.05, 0.1) is 10.6 Å². The van der Waals surface area contributed by atoms with Crippen molar-refractivity contribution in [3.05, 3.63) is 28.8 Å². The van der Waals surface area contributed by atoms with E-state index in [0.717, 1.165) is 18.7 Å². The van der Waals surface area contributed by atoms with E-state index in [-0.39, 0.29) is 5.84 Å². The number of halogens is 1. The third-order valence-corrected chi connectivity index (χ3v) is 4.33. The van der Waals surface area contributed by atoms with Crippen molar-refractivity contribution in [1.82, 2.24) is 0 Å². The van der Waals surface area contributed by atoms with Crippen molar-refractivity contribution in [2.24, 2.45) is 10.9 Å². The molecule has 0 bridgehead atoms. The molecule has 0 aromatic heterocycles. The Kier molecular flexibility index (Phi) is 5.12. The normalized spacial score (nSPS) is 20.8. The maximum atomic E-state index is 9.00. The Hall–Kier alpha value is -1.42. The van der Waals surface area contributed by atoms with Gasteiger partial charge in [0.15, 0.2) is 5.84 Å². The minimum absolute atomic E-state index is 0.0738. The highest BCUT2D eigenvalue weighted by molar-refractivity contribution is 6.34. The molecule has 5 heteroatoms. The van der Waals surface area contributed by atoms with Crippen LogP contribution < -0.4 is 10.6 Å². The first-order chi connectivity index (χ1) is 9.69. The van der Waals surface area contributed by atoms with Crippen LogP contribution in [0.2, 0.25) is 5.02 Å². The lowest BCUT2D eigenvalue weighted by Crippen LogP contribution is -2.36. The molecule has 1 aromatic carbocycles. The minimum Gasteiger partial charge on any atom is -0.409 e. The number of hydrogen-bond acceptors (Lipinski definition) is 3. The second-order valence-electron chi connectivity index (χ2n) is 5.22. The molecule has 20 heavy (non-hydrogen) atoms. The van der Waals surface area contributed by atoms with Crippen LogP contribution in [0.15, 0.2) is 23.4 Å². The van der Waals surface area contributed by atoms with Crippen molar-refractivity contribution in [2.75, 3.05) is 11.4 Å². The summed E-state index contributed by atoms with van der Waals surface area (Å²) in [5.41, 5.74) is 7.43. The van der Waals surface area contributed by atoms with E-state index in [9.17, 15) is 0 Å². The lowest BCUT2D eigenvalue weighted by atomic mass is 10.0. The summed E-state index contributed by atoms with van der Waals surface area (Å²) in [4.78, 5) is 2.37. The van der Waals surface area contributed by atoms with E-state index >= 15 is 0 Å². The quantitative estimate of drug-likeness (QED) is 0.388. The summed E-state index contributed by atoms with van der Waals surface area (Å²) in [7, 11) is 0. The van der Waals surface area contributed by atoms with E-state index < -0.39 is 0 Å². The fraction of sp³-hybridized carbons (Fsp3) is 0.533. The summed E-state index contributed by atoms with van der Waals surface area (Å²) >= 11 is 6.26. The second-order valence-corrected chi connectivity index (χ2v) is 5.63. The summed E-state index contributed by atoms with van der Waals surface area (Å²) in [6.07, 6.45) is 5.94. The maximum absolute atomic E-state index is 9.00. The molecule has 1 unspecified atom stereocenters. The van der Waals surface area contributed by atoms with Crippen molar-refractivity contribution in [3.63, 3.8) is 0 Å². The maximum Gasteiger partial charge on any atom is 0.173 e. The van der Waals surface area contributed by atoms with Gasteiger partial charge >= 0.3 is 0 Å². The molecule has 1 fully saturated rings. The van der Waals surface area contributed by atoms with Crippen LogP contribution >= 0.6 is 11.6 Å². The van der Waals surface area contributed by atoms with Gasteiger partial charge in [-0.05, 0) is 31.4 Å². The van der Waals surface area contributed by atoms with Crippen LogP contribution in [0.3, 0.4) is 0 Å². The van der Waals surface area contributed by atoms with Crippen molar-refractivity contribution in [2.45, 2.75) is 45.1 Å². The van der Waals surface area contributed by atoms with Crippen LogP contribution in [0.1, 0.15) is 44.6 Å². The monoisotopic (exact) mass is 295 g/mol. The minimum atomic E-state index is 0.0738. The number of nitrogens with two attached hydrogens (primary N) is 1. The fourth-order valence-corrected chi connectivity index (χ4v) is 3.24. The summed E-state index contributed by atoms with van der Waals surface area (Å²) in [6.45, 7) is 3.20. The summed E-state index contributed by atoms with van der Waals surface area (Å²) in [5, 5.41) is 12.7. The Labute approximate surface area is 125 Å². The van der Waals surface area contributed by atoms with Crippen molar-refractivity contribution in [3.8, 4) is 0 Å².